The molecule has 7 nitrogen and oxygen atoms in total. The van der Waals surface area contributed by atoms with E-state index < -0.39 is 28.7 Å². The van der Waals surface area contributed by atoms with Gasteiger partial charge in [0.05, 0.1) is 29.2 Å². The van der Waals surface area contributed by atoms with Gasteiger partial charge in [0.2, 0.25) is 17.7 Å². The van der Waals surface area contributed by atoms with Crippen molar-refractivity contribution in [3.63, 3.8) is 0 Å². The molecule has 3 heterocycles. The predicted octanol–water partition coefficient (Wildman–Crippen LogP) is 3.66. The Balaban J connectivity index is 1.55. The summed E-state index contributed by atoms with van der Waals surface area (Å²) < 4.78 is -0.709. The Kier molecular flexibility index (Phi) is 7.00. The lowest BCUT2D eigenvalue weighted by Crippen LogP contribution is -2.58. The number of nitrogens with one attached hydrogen (secondary N) is 2. The maximum absolute atomic E-state index is 14.2. The fourth-order valence-electron chi connectivity index (χ4n) is 6.88. The highest BCUT2D eigenvalue weighted by molar-refractivity contribution is 8.02. The number of amides is 3. The van der Waals surface area contributed by atoms with Crippen molar-refractivity contribution >= 4 is 45.9 Å². The van der Waals surface area contributed by atoms with Crippen LogP contribution in [0.25, 0.3) is 10.8 Å². The van der Waals surface area contributed by atoms with Crippen LogP contribution in [0.15, 0.2) is 42.5 Å². The standard InChI is InChI=1S/C29H37N3O4S/c1-5-12-30-26(34)23-22-13-17(4)29(37-22)24(23)28(36)32(21(15-33)16(2)3)25(29)27(35)31-20-11-10-18-8-6-7-9-19(18)14-20/h6-11,14,16-17,21-25,33H,5,12-13,15H2,1-4H3,(H,30,34)(H,31,35)/t17?,21-,22+,23-,24-,25?,29?/m0/s1. The number of aliphatic hydroxyl groups excluding tert-OH is 1. The minimum Gasteiger partial charge on any atom is -0.394 e. The molecule has 2 aromatic rings. The van der Waals surface area contributed by atoms with E-state index in [-0.39, 0.29) is 41.4 Å². The molecule has 3 fully saturated rings. The highest BCUT2D eigenvalue weighted by Gasteiger charge is 2.76. The van der Waals surface area contributed by atoms with Crippen LogP contribution in [-0.2, 0) is 14.4 Å². The van der Waals surface area contributed by atoms with Gasteiger partial charge in [0.1, 0.15) is 6.04 Å². The summed E-state index contributed by atoms with van der Waals surface area (Å²) in [5, 5.41) is 18.6. The van der Waals surface area contributed by atoms with Crippen molar-refractivity contribution in [2.45, 2.75) is 62.6 Å². The largest absolute Gasteiger partial charge is 0.394 e. The van der Waals surface area contributed by atoms with Crippen LogP contribution in [-0.4, -0.2) is 63.0 Å². The van der Waals surface area contributed by atoms with Gasteiger partial charge in [-0.1, -0.05) is 58.0 Å². The van der Waals surface area contributed by atoms with Gasteiger partial charge in [-0.2, -0.15) is 0 Å². The zero-order chi connectivity index (χ0) is 26.5. The number of hydrogen-bond donors (Lipinski definition) is 3. The zero-order valence-electron chi connectivity index (χ0n) is 21.9. The summed E-state index contributed by atoms with van der Waals surface area (Å²) in [5.74, 6) is -1.53. The van der Waals surface area contributed by atoms with Crippen LogP contribution in [0, 0.1) is 23.7 Å². The van der Waals surface area contributed by atoms with Gasteiger partial charge in [-0.25, -0.2) is 0 Å². The molecule has 2 bridgehead atoms. The Morgan fingerprint density at radius 3 is 2.57 bits per heavy atom. The number of likely N-dealkylation sites (tertiary alicyclic amines) is 1. The van der Waals surface area contributed by atoms with Gasteiger partial charge in [0, 0.05) is 17.5 Å². The molecular weight excluding hydrogens is 486 g/mol. The van der Waals surface area contributed by atoms with Crippen molar-refractivity contribution in [3.8, 4) is 0 Å². The summed E-state index contributed by atoms with van der Waals surface area (Å²) in [6, 6.07) is 12.5. The molecule has 37 heavy (non-hydrogen) atoms. The topological polar surface area (TPSA) is 98.7 Å². The third kappa shape index (κ3) is 4.04. The molecule has 3 amide bonds. The summed E-state index contributed by atoms with van der Waals surface area (Å²) in [6.07, 6.45) is 1.61. The Morgan fingerprint density at radius 2 is 1.89 bits per heavy atom. The first kappa shape index (κ1) is 26.0. The second-order valence-electron chi connectivity index (χ2n) is 11.1. The fourth-order valence-corrected chi connectivity index (χ4v) is 9.29. The molecule has 0 saturated carbocycles. The number of benzene rings is 2. The van der Waals surface area contributed by atoms with Gasteiger partial charge < -0.3 is 20.6 Å². The first-order valence-electron chi connectivity index (χ1n) is 13.4. The molecule has 0 radical (unpaired) electrons. The van der Waals surface area contributed by atoms with E-state index >= 15 is 0 Å². The van der Waals surface area contributed by atoms with E-state index in [0.29, 0.717) is 12.2 Å². The quantitative estimate of drug-likeness (QED) is 0.491. The molecule has 8 heteroatoms. The van der Waals surface area contributed by atoms with Gasteiger partial charge in [-0.15, -0.1) is 11.8 Å². The van der Waals surface area contributed by atoms with E-state index in [4.69, 9.17) is 0 Å². The Hall–Kier alpha value is -2.58. The van der Waals surface area contributed by atoms with Crippen molar-refractivity contribution in [1.29, 1.82) is 0 Å². The molecule has 198 valence electrons. The maximum Gasteiger partial charge on any atom is 0.248 e. The Labute approximate surface area is 222 Å². The number of rotatable bonds is 8. The molecule has 0 aromatic heterocycles. The van der Waals surface area contributed by atoms with E-state index in [0.717, 1.165) is 23.6 Å². The zero-order valence-corrected chi connectivity index (χ0v) is 22.8. The average Bonchev–Trinajstić information content (AvgIpc) is 3.46. The van der Waals surface area contributed by atoms with E-state index in [9.17, 15) is 19.5 Å². The van der Waals surface area contributed by atoms with Gasteiger partial charge in [-0.05, 0) is 47.6 Å². The third-order valence-corrected chi connectivity index (χ3v) is 10.7. The number of anilines is 1. The molecule has 3 aliphatic rings. The monoisotopic (exact) mass is 523 g/mol. The van der Waals surface area contributed by atoms with Crippen molar-refractivity contribution in [2.75, 3.05) is 18.5 Å². The van der Waals surface area contributed by atoms with Gasteiger partial charge >= 0.3 is 0 Å². The lowest BCUT2D eigenvalue weighted by molar-refractivity contribution is -0.143. The van der Waals surface area contributed by atoms with Crippen LogP contribution in [0.3, 0.4) is 0 Å². The minimum atomic E-state index is -0.773. The minimum absolute atomic E-state index is 0.00514. The molecule has 3 N–H and O–H groups in total. The SMILES string of the molecule is CCCNC(=O)[C@@H]1[C@H]2C(=O)N([C@@H](CO)C(C)C)C(C(=O)Nc3ccc4ccccc4c3)C23S[C@@H]1CC3C. The number of carbonyl (C=O) groups is 3. The van der Waals surface area contributed by atoms with E-state index in [1.165, 1.54) is 0 Å². The summed E-state index contributed by atoms with van der Waals surface area (Å²) >= 11 is 1.66. The van der Waals surface area contributed by atoms with Crippen LogP contribution in [0.2, 0.25) is 0 Å². The van der Waals surface area contributed by atoms with Gasteiger partial charge in [0.15, 0.2) is 0 Å². The molecule has 5 rings (SSSR count). The average molecular weight is 524 g/mol. The molecule has 0 aliphatic carbocycles. The van der Waals surface area contributed by atoms with Crippen molar-refractivity contribution < 1.29 is 19.5 Å². The summed E-state index contributed by atoms with van der Waals surface area (Å²) in [4.78, 5) is 43.3. The van der Waals surface area contributed by atoms with Crippen LogP contribution in [0.4, 0.5) is 5.69 Å². The molecule has 2 aromatic carbocycles. The molecular formula is C29H37N3O4S. The lowest BCUT2D eigenvalue weighted by atomic mass is 9.66. The van der Waals surface area contributed by atoms with Gasteiger partial charge in [0.25, 0.3) is 0 Å². The Morgan fingerprint density at radius 1 is 1.16 bits per heavy atom. The number of thioether (sulfide) groups is 1. The molecule has 1 spiro atoms. The van der Waals surface area contributed by atoms with Crippen LogP contribution in [0.5, 0.6) is 0 Å². The molecule has 3 aliphatic heterocycles. The molecule has 3 unspecified atom stereocenters. The molecule has 3 saturated heterocycles. The van der Waals surface area contributed by atoms with Crippen molar-refractivity contribution in [1.82, 2.24) is 10.2 Å². The lowest BCUT2D eigenvalue weighted by Gasteiger charge is -2.40. The second-order valence-corrected chi connectivity index (χ2v) is 12.7. The number of nitrogens with zero attached hydrogens (tertiary/aromatic N) is 1. The fraction of sp³-hybridized carbons (Fsp3) is 0.552. The number of fused-ring (bicyclic) bond motifs is 2. The summed E-state index contributed by atoms with van der Waals surface area (Å²) in [6.45, 7) is 8.35. The second kappa shape index (κ2) is 9.95. The first-order valence-corrected chi connectivity index (χ1v) is 14.3. The van der Waals surface area contributed by atoms with Gasteiger partial charge in [-0.3, -0.25) is 14.4 Å². The highest BCUT2D eigenvalue weighted by Crippen LogP contribution is 2.69. The van der Waals surface area contributed by atoms with Crippen molar-refractivity contribution in [2.24, 2.45) is 23.7 Å². The van der Waals surface area contributed by atoms with E-state index in [2.05, 4.69) is 17.6 Å². The smallest absolute Gasteiger partial charge is 0.248 e. The third-order valence-electron chi connectivity index (χ3n) is 8.61. The normalized spacial score (nSPS) is 31.1. The maximum atomic E-state index is 14.2. The number of hydrogen-bond acceptors (Lipinski definition) is 5. The van der Waals surface area contributed by atoms with Crippen molar-refractivity contribution in [3.05, 3.63) is 42.5 Å². The number of carbonyl (C=O) groups excluding carboxylic acids is 3. The summed E-state index contributed by atoms with van der Waals surface area (Å²) in [7, 11) is 0. The first-order chi connectivity index (χ1) is 17.7. The van der Waals surface area contributed by atoms with Crippen LogP contribution in [0.1, 0.15) is 40.5 Å². The number of aliphatic hydroxyl groups is 1. The highest BCUT2D eigenvalue weighted by atomic mass is 32.2. The summed E-state index contributed by atoms with van der Waals surface area (Å²) in [5.41, 5.74) is 0.670. The molecule has 7 atom stereocenters. The van der Waals surface area contributed by atoms with E-state index in [1.807, 2.05) is 63.2 Å². The van der Waals surface area contributed by atoms with E-state index in [1.54, 1.807) is 16.7 Å². The van der Waals surface area contributed by atoms with Crippen LogP contribution < -0.4 is 10.6 Å². The van der Waals surface area contributed by atoms with Crippen LogP contribution >= 0.6 is 11.8 Å². The predicted molar refractivity (Wildman–Crippen MR) is 147 cm³/mol. The Bertz CT molecular complexity index is 1220.